The number of carbonyl (C=O) groups excluding carboxylic acids is 1. The van der Waals surface area contributed by atoms with E-state index in [1.165, 1.54) is 19.3 Å². The van der Waals surface area contributed by atoms with Crippen molar-refractivity contribution in [2.75, 3.05) is 0 Å². The third kappa shape index (κ3) is 6.89. The van der Waals surface area contributed by atoms with E-state index in [4.69, 9.17) is 9.84 Å². The molecule has 0 spiro atoms. The summed E-state index contributed by atoms with van der Waals surface area (Å²) in [4.78, 5) is 20.5. The Hall–Kier alpha value is -1.58. The maximum atomic E-state index is 11.3. The van der Waals surface area contributed by atoms with Crippen LogP contribution < -0.4 is 0 Å². The van der Waals surface area contributed by atoms with Gasteiger partial charge in [-0.2, -0.15) is 0 Å². The van der Waals surface area contributed by atoms with Crippen LogP contribution in [0.5, 0.6) is 0 Å². The number of hydrogen-bond donors (Lipinski definition) is 1. The Labute approximate surface area is 108 Å². The van der Waals surface area contributed by atoms with Crippen LogP contribution in [0.15, 0.2) is 24.8 Å². The van der Waals surface area contributed by atoms with Crippen molar-refractivity contribution in [1.82, 2.24) is 0 Å². The zero-order valence-electron chi connectivity index (χ0n) is 11.2. The van der Waals surface area contributed by atoms with Crippen LogP contribution in [-0.4, -0.2) is 22.6 Å². The predicted octanol–water partition coefficient (Wildman–Crippen LogP) is 3.09. The maximum Gasteiger partial charge on any atom is 0.333 e. The molecule has 1 saturated carbocycles. The van der Waals surface area contributed by atoms with Crippen LogP contribution in [0, 0.1) is 0 Å². The number of carboxylic acids is 1. The highest BCUT2D eigenvalue weighted by Gasteiger charge is 2.30. The Balaban J connectivity index is 0.000000494. The Morgan fingerprint density at radius 3 is 2.06 bits per heavy atom. The first kappa shape index (κ1) is 16.4. The first-order valence-electron chi connectivity index (χ1n) is 6.05. The van der Waals surface area contributed by atoms with Crippen molar-refractivity contribution in [3.05, 3.63) is 24.8 Å². The Morgan fingerprint density at radius 1 is 1.28 bits per heavy atom. The van der Waals surface area contributed by atoms with E-state index in [0.717, 1.165) is 18.9 Å². The SMILES string of the molecule is C=C(C)C(=O)OC1(C)CCCCC1.C=CC(=O)O. The highest BCUT2D eigenvalue weighted by atomic mass is 16.6. The molecular formula is C14H22O4. The predicted molar refractivity (Wildman–Crippen MR) is 70.2 cm³/mol. The molecule has 4 nitrogen and oxygen atoms in total. The Kier molecular flexibility index (Phi) is 7.01. The van der Waals surface area contributed by atoms with Crippen LogP contribution in [0.4, 0.5) is 0 Å². The molecule has 1 aliphatic rings. The number of esters is 1. The zero-order valence-corrected chi connectivity index (χ0v) is 11.2. The summed E-state index contributed by atoms with van der Waals surface area (Å²) in [6.45, 7) is 10.2. The molecule has 102 valence electrons. The van der Waals surface area contributed by atoms with Gasteiger partial charge in [0.1, 0.15) is 5.60 Å². The minimum atomic E-state index is -0.981. The van der Waals surface area contributed by atoms with Crippen molar-refractivity contribution < 1.29 is 19.4 Å². The number of carboxylic acid groups (broad SMARTS) is 1. The minimum absolute atomic E-state index is 0.228. The molecule has 0 atom stereocenters. The summed E-state index contributed by atoms with van der Waals surface area (Å²) < 4.78 is 5.40. The van der Waals surface area contributed by atoms with Gasteiger partial charge < -0.3 is 9.84 Å². The van der Waals surface area contributed by atoms with Crippen molar-refractivity contribution in [2.24, 2.45) is 0 Å². The molecule has 0 saturated heterocycles. The number of rotatable bonds is 3. The van der Waals surface area contributed by atoms with Gasteiger partial charge in [-0.3, -0.25) is 0 Å². The monoisotopic (exact) mass is 254 g/mol. The first-order valence-corrected chi connectivity index (χ1v) is 6.05. The molecule has 0 aromatic heterocycles. The molecule has 1 fully saturated rings. The lowest BCUT2D eigenvalue weighted by atomic mass is 9.86. The summed E-state index contributed by atoms with van der Waals surface area (Å²) in [5, 5.41) is 7.60. The van der Waals surface area contributed by atoms with Gasteiger partial charge in [0.05, 0.1) is 0 Å². The van der Waals surface area contributed by atoms with Gasteiger partial charge >= 0.3 is 11.9 Å². The molecule has 0 bridgehead atoms. The molecule has 0 aromatic carbocycles. The van der Waals surface area contributed by atoms with Crippen LogP contribution in [0.25, 0.3) is 0 Å². The lowest BCUT2D eigenvalue weighted by Crippen LogP contribution is -2.34. The fourth-order valence-electron chi connectivity index (χ4n) is 1.71. The Bertz CT molecular complexity index is 325. The molecular weight excluding hydrogens is 232 g/mol. The molecule has 1 rings (SSSR count). The zero-order chi connectivity index (χ0) is 14.2. The van der Waals surface area contributed by atoms with Gasteiger partial charge in [-0.15, -0.1) is 0 Å². The minimum Gasteiger partial charge on any atom is -0.478 e. The van der Waals surface area contributed by atoms with Gasteiger partial charge in [-0.1, -0.05) is 19.6 Å². The highest BCUT2D eigenvalue weighted by Crippen LogP contribution is 2.31. The van der Waals surface area contributed by atoms with E-state index in [-0.39, 0.29) is 11.6 Å². The highest BCUT2D eigenvalue weighted by molar-refractivity contribution is 5.87. The smallest absolute Gasteiger partial charge is 0.333 e. The molecule has 1 N–H and O–H groups in total. The van der Waals surface area contributed by atoms with Crippen molar-refractivity contribution in [3.8, 4) is 0 Å². The number of ether oxygens (including phenoxy) is 1. The van der Waals surface area contributed by atoms with E-state index in [2.05, 4.69) is 13.2 Å². The largest absolute Gasteiger partial charge is 0.478 e. The normalized spacial score (nSPS) is 16.8. The van der Waals surface area contributed by atoms with E-state index in [9.17, 15) is 9.59 Å². The second-order valence-corrected chi connectivity index (χ2v) is 4.72. The average Bonchev–Trinajstić information content (AvgIpc) is 2.30. The summed E-state index contributed by atoms with van der Waals surface area (Å²) in [5.74, 6) is -1.23. The fraction of sp³-hybridized carbons (Fsp3) is 0.571. The van der Waals surface area contributed by atoms with E-state index in [1.807, 2.05) is 6.92 Å². The molecule has 18 heavy (non-hydrogen) atoms. The van der Waals surface area contributed by atoms with Crippen molar-refractivity contribution in [1.29, 1.82) is 0 Å². The molecule has 1 aliphatic carbocycles. The van der Waals surface area contributed by atoms with E-state index in [1.54, 1.807) is 6.92 Å². The summed E-state index contributed by atoms with van der Waals surface area (Å²) in [6, 6.07) is 0. The molecule has 0 aromatic rings. The van der Waals surface area contributed by atoms with Crippen LogP contribution in [0.3, 0.4) is 0 Å². The van der Waals surface area contributed by atoms with Crippen LogP contribution >= 0.6 is 0 Å². The van der Waals surface area contributed by atoms with Gasteiger partial charge in [0.15, 0.2) is 0 Å². The molecule has 0 heterocycles. The molecule has 0 radical (unpaired) electrons. The topological polar surface area (TPSA) is 63.6 Å². The van der Waals surface area contributed by atoms with Crippen LogP contribution in [0.1, 0.15) is 46.0 Å². The van der Waals surface area contributed by atoms with Gasteiger partial charge in [0, 0.05) is 11.6 Å². The van der Waals surface area contributed by atoms with Gasteiger partial charge in [-0.05, 0) is 39.5 Å². The lowest BCUT2D eigenvalue weighted by Gasteiger charge is -2.33. The molecule has 0 unspecified atom stereocenters. The van der Waals surface area contributed by atoms with Crippen molar-refractivity contribution >= 4 is 11.9 Å². The van der Waals surface area contributed by atoms with Crippen molar-refractivity contribution in [2.45, 2.75) is 51.6 Å². The summed E-state index contributed by atoms with van der Waals surface area (Å²) >= 11 is 0. The van der Waals surface area contributed by atoms with Gasteiger partial charge in [0.2, 0.25) is 0 Å². The third-order valence-electron chi connectivity index (χ3n) is 2.77. The molecule has 0 aliphatic heterocycles. The molecule has 4 heteroatoms. The van der Waals surface area contributed by atoms with Gasteiger partial charge in [-0.25, -0.2) is 9.59 Å². The van der Waals surface area contributed by atoms with Crippen LogP contribution in [0.2, 0.25) is 0 Å². The maximum absolute atomic E-state index is 11.3. The first-order chi connectivity index (χ1) is 8.30. The fourth-order valence-corrected chi connectivity index (χ4v) is 1.71. The quantitative estimate of drug-likeness (QED) is 0.621. The third-order valence-corrected chi connectivity index (χ3v) is 2.77. The standard InChI is InChI=1S/C11H18O2.C3H4O2/c1-9(2)10(12)13-11(3)7-5-4-6-8-11;1-2-3(4)5/h1,4-8H2,2-3H3;2H,1H2,(H,4,5). The van der Waals surface area contributed by atoms with E-state index >= 15 is 0 Å². The van der Waals surface area contributed by atoms with Crippen molar-refractivity contribution in [3.63, 3.8) is 0 Å². The number of hydrogen-bond acceptors (Lipinski definition) is 3. The average molecular weight is 254 g/mol. The summed E-state index contributed by atoms with van der Waals surface area (Å²) in [6.07, 6.45) is 6.41. The number of aliphatic carboxylic acids is 1. The lowest BCUT2D eigenvalue weighted by molar-refractivity contribution is -0.156. The summed E-state index contributed by atoms with van der Waals surface area (Å²) in [7, 11) is 0. The second-order valence-electron chi connectivity index (χ2n) is 4.72. The number of carbonyl (C=O) groups is 2. The van der Waals surface area contributed by atoms with Gasteiger partial charge in [0.25, 0.3) is 0 Å². The van der Waals surface area contributed by atoms with E-state index < -0.39 is 5.97 Å². The van der Waals surface area contributed by atoms with Crippen LogP contribution in [-0.2, 0) is 14.3 Å². The molecule has 0 amide bonds. The Morgan fingerprint density at radius 2 is 1.72 bits per heavy atom. The van der Waals surface area contributed by atoms with E-state index in [0.29, 0.717) is 5.57 Å². The second kappa shape index (κ2) is 7.69. The summed E-state index contributed by atoms with van der Waals surface area (Å²) in [5.41, 5.74) is 0.265.